The molecule has 0 unspecified atom stereocenters. The summed E-state index contributed by atoms with van der Waals surface area (Å²) in [6, 6.07) is 6.16. The highest BCUT2D eigenvalue weighted by Crippen LogP contribution is 2.19. The molecule has 1 aromatic carbocycles. The van der Waals surface area contributed by atoms with Crippen LogP contribution in [-0.4, -0.2) is 30.6 Å². The number of likely N-dealkylation sites (tertiary alicyclic amines) is 1. The Balaban J connectivity index is 2.17. The number of nitrogens with zero attached hydrogens (tertiary/aromatic N) is 2. The summed E-state index contributed by atoms with van der Waals surface area (Å²) in [6.45, 7) is 4.08. The van der Waals surface area contributed by atoms with E-state index in [0.717, 1.165) is 25.9 Å². The van der Waals surface area contributed by atoms with Crippen molar-refractivity contribution in [3.63, 3.8) is 0 Å². The Morgan fingerprint density at radius 1 is 1.41 bits per heavy atom. The minimum atomic E-state index is -0.310. The molecule has 0 aliphatic carbocycles. The van der Waals surface area contributed by atoms with Crippen molar-refractivity contribution in [3.8, 4) is 0 Å². The predicted molar refractivity (Wildman–Crippen MR) is 65.6 cm³/mol. The van der Waals surface area contributed by atoms with E-state index in [1.807, 2.05) is 11.8 Å². The quantitative estimate of drug-likeness (QED) is 0.774. The van der Waals surface area contributed by atoms with Crippen molar-refractivity contribution in [2.24, 2.45) is 0 Å². The molecule has 1 saturated heterocycles. The maximum Gasteiger partial charge on any atom is 0.324 e. The average molecular weight is 236 g/mol. The molecule has 0 saturated carbocycles. The zero-order chi connectivity index (χ0) is 12.3. The summed E-state index contributed by atoms with van der Waals surface area (Å²) in [4.78, 5) is 15.7. The van der Waals surface area contributed by atoms with Crippen LogP contribution in [-0.2, 0) is 0 Å². The highest BCUT2D eigenvalue weighted by Gasteiger charge is 2.23. The second kappa shape index (κ2) is 5.17. The van der Waals surface area contributed by atoms with Crippen molar-refractivity contribution in [3.05, 3.63) is 30.1 Å². The molecule has 0 atom stereocenters. The predicted octanol–water partition coefficient (Wildman–Crippen LogP) is 2.87. The van der Waals surface area contributed by atoms with Gasteiger partial charge in [-0.25, -0.2) is 9.18 Å². The lowest BCUT2D eigenvalue weighted by Crippen LogP contribution is -2.41. The molecule has 2 amide bonds. The van der Waals surface area contributed by atoms with Crippen molar-refractivity contribution in [2.75, 3.05) is 24.5 Å². The van der Waals surface area contributed by atoms with Crippen molar-refractivity contribution in [1.29, 1.82) is 0 Å². The number of amides is 2. The Morgan fingerprint density at radius 3 is 2.71 bits per heavy atom. The lowest BCUT2D eigenvalue weighted by atomic mass is 10.3. The van der Waals surface area contributed by atoms with E-state index in [-0.39, 0.29) is 11.8 Å². The second-order valence-electron chi connectivity index (χ2n) is 4.20. The van der Waals surface area contributed by atoms with Gasteiger partial charge in [-0.15, -0.1) is 0 Å². The molecule has 0 spiro atoms. The fourth-order valence-electron chi connectivity index (χ4n) is 2.15. The third kappa shape index (κ3) is 2.57. The van der Waals surface area contributed by atoms with E-state index in [1.165, 1.54) is 12.1 Å². The number of rotatable bonds is 2. The molecule has 0 bridgehead atoms. The van der Waals surface area contributed by atoms with Crippen LogP contribution >= 0.6 is 0 Å². The molecule has 1 fully saturated rings. The number of carbonyl (C=O) groups is 1. The first-order valence-corrected chi connectivity index (χ1v) is 6.04. The number of anilines is 1. The Bertz CT molecular complexity index is 402. The Labute approximate surface area is 101 Å². The van der Waals surface area contributed by atoms with Crippen molar-refractivity contribution >= 4 is 11.7 Å². The van der Waals surface area contributed by atoms with Crippen molar-refractivity contribution in [2.45, 2.75) is 19.8 Å². The van der Waals surface area contributed by atoms with Crippen LogP contribution in [0, 0.1) is 5.82 Å². The van der Waals surface area contributed by atoms with Gasteiger partial charge >= 0.3 is 6.03 Å². The van der Waals surface area contributed by atoms with Gasteiger partial charge in [0.1, 0.15) is 5.82 Å². The van der Waals surface area contributed by atoms with Crippen LogP contribution in [0.15, 0.2) is 24.3 Å². The Morgan fingerprint density at radius 2 is 2.12 bits per heavy atom. The standard InChI is InChI=1S/C13H17FN2O/c1-2-16(12-7-5-6-11(14)10-12)13(17)15-8-3-4-9-15/h5-7,10H,2-4,8-9H2,1H3. The SMILES string of the molecule is CCN(C(=O)N1CCCC1)c1cccc(F)c1. The van der Waals surface area contributed by atoms with Crippen LogP contribution in [0.1, 0.15) is 19.8 Å². The van der Waals surface area contributed by atoms with E-state index in [0.29, 0.717) is 12.2 Å². The molecule has 1 aromatic rings. The summed E-state index contributed by atoms with van der Waals surface area (Å²) in [5.74, 6) is -0.310. The van der Waals surface area contributed by atoms with Gasteiger partial charge in [0.2, 0.25) is 0 Å². The number of hydrogen-bond acceptors (Lipinski definition) is 1. The maximum atomic E-state index is 13.2. The summed E-state index contributed by atoms with van der Waals surface area (Å²) in [5.41, 5.74) is 0.629. The molecule has 1 aliphatic heterocycles. The Kier molecular flexibility index (Phi) is 3.61. The molecule has 92 valence electrons. The van der Waals surface area contributed by atoms with Gasteiger partial charge in [-0.05, 0) is 38.0 Å². The smallest absolute Gasteiger partial charge is 0.324 e. The van der Waals surface area contributed by atoms with Gasteiger partial charge in [0.05, 0.1) is 0 Å². The first-order valence-electron chi connectivity index (χ1n) is 6.04. The van der Waals surface area contributed by atoms with E-state index in [1.54, 1.807) is 17.0 Å². The number of halogens is 1. The number of carbonyl (C=O) groups excluding carboxylic acids is 1. The fourth-order valence-corrected chi connectivity index (χ4v) is 2.15. The summed E-state index contributed by atoms with van der Waals surface area (Å²) in [6.07, 6.45) is 2.12. The average Bonchev–Trinajstić information content (AvgIpc) is 2.83. The summed E-state index contributed by atoms with van der Waals surface area (Å²) in [5, 5.41) is 0. The molecular formula is C13H17FN2O. The van der Waals surface area contributed by atoms with Crippen LogP contribution in [0.5, 0.6) is 0 Å². The van der Waals surface area contributed by atoms with Crippen LogP contribution < -0.4 is 4.90 Å². The maximum absolute atomic E-state index is 13.2. The molecule has 2 rings (SSSR count). The minimum absolute atomic E-state index is 0.0180. The minimum Gasteiger partial charge on any atom is -0.324 e. The van der Waals surface area contributed by atoms with Gasteiger partial charge in [-0.2, -0.15) is 0 Å². The topological polar surface area (TPSA) is 23.6 Å². The van der Waals surface area contributed by atoms with Crippen LogP contribution in [0.25, 0.3) is 0 Å². The molecule has 17 heavy (non-hydrogen) atoms. The van der Waals surface area contributed by atoms with Gasteiger partial charge in [-0.3, -0.25) is 4.90 Å². The first kappa shape index (κ1) is 11.9. The number of urea groups is 1. The van der Waals surface area contributed by atoms with Gasteiger partial charge in [0.15, 0.2) is 0 Å². The van der Waals surface area contributed by atoms with Gasteiger partial charge in [0.25, 0.3) is 0 Å². The molecular weight excluding hydrogens is 219 g/mol. The lowest BCUT2D eigenvalue weighted by molar-refractivity contribution is 0.216. The zero-order valence-electron chi connectivity index (χ0n) is 10.0. The summed E-state index contributed by atoms with van der Waals surface area (Å²) >= 11 is 0. The third-order valence-electron chi connectivity index (χ3n) is 3.04. The molecule has 1 aliphatic rings. The van der Waals surface area contributed by atoms with Crippen LogP contribution in [0.2, 0.25) is 0 Å². The molecule has 4 heteroatoms. The Hall–Kier alpha value is -1.58. The molecule has 3 nitrogen and oxygen atoms in total. The molecule has 0 N–H and O–H groups in total. The number of hydrogen-bond donors (Lipinski definition) is 0. The number of benzene rings is 1. The fraction of sp³-hybridized carbons (Fsp3) is 0.462. The van der Waals surface area contributed by atoms with E-state index < -0.39 is 0 Å². The van der Waals surface area contributed by atoms with Crippen LogP contribution in [0.3, 0.4) is 0 Å². The van der Waals surface area contributed by atoms with Crippen molar-refractivity contribution < 1.29 is 9.18 Å². The lowest BCUT2D eigenvalue weighted by Gasteiger charge is -2.26. The second-order valence-corrected chi connectivity index (χ2v) is 4.20. The summed E-state index contributed by atoms with van der Waals surface area (Å²) < 4.78 is 13.2. The van der Waals surface area contributed by atoms with Crippen molar-refractivity contribution in [1.82, 2.24) is 4.90 Å². The van der Waals surface area contributed by atoms with E-state index >= 15 is 0 Å². The van der Waals surface area contributed by atoms with E-state index in [4.69, 9.17) is 0 Å². The largest absolute Gasteiger partial charge is 0.324 e. The van der Waals surface area contributed by atoms with E-state index in [2.05, 4.69) is 0 Å². The molecule has 1 heterocycles. The molecule has 0 radical (unpaired) electrons. The van der Waals surface area contributed by atoms with Crippen LogP contribution in [0.4, 0.5) is 14.9 Å². The first-order chi connectivity index (χ1) is 8.22. The van der Waals surface area contributed by atoms with Gasteiger partial charge in [0, 0.05) is 25.3 Å². The van der Waals surface area contributed by atoms with E-state index in [9.17, 15) is 9.18 Å². The van der Waals surface area contributed by atoms with Gasteiger partial charge < -0.3 is 4.90 Å². The monoisotopic (exact) mass is 236 g/mol. The molecule has 0 aromatic heterocycles. The third-order valence-corrected chi connectivity index (χ3v) is 3.04. The summed E-state index contributed by atoms with van der Waals surface area (Å²) in [7, 11) is 0. The normalized spacial score (nSPS) is 15.1. The van der Waals surface area contributed by atoms with Gasteiger partial charge in [-0.1, -0.05) is 6.07 Å². The highest BCUT2D eigenvalue weighted by molar-refractivity contribution is 5.92. The zero-order valence-corrected chi connectivity index (χ0v) is 10.0. The highest BCUT2D eigenvalue weighted by atomic mass is 19.1.